The molecule has 22 heavy (non-hydrogen) atoms. The first-order valence-electron chi connectivity index (χ1n) is 8.68. The van der Waals surface area contributed by atoms with Crippen LogP contribution in [0.2, 0.25) is 0 Å². The maximum absolute atomic E-state index is 12.4. The van der Waals surface area contributed by atoms with E-state index in [1.807, 2.05) is 11.9 Å². The van der Waals surface area contributed by atoms with E-state index in [2.05, 4.69) is 36.1 Å². The molecule has 0 bridgehead atoms. The molecule has 1 atom stereocenters. The molecule has 1 aromatic carbocycles. The molecule has 0 N–H and O–H groups in total. The van der Waals surface area contributed by atoms with Crippen molar-refractivity contribution in [2.45, 2.75) is 51.6 Å². The third kappa shape index (κ3) is 3.52. The minimum absolute atomic E-state index is 0.317. The van der Waals surface area contributed by atoms with E-state index >= 15 is 0 Å². The molecule has 1 aromatic rings. The first-order chi connectivity index (χ1) is 10.6. The van der Waals surface area contributed by atoms with Gasteiger partial charge in [-0.25, -0.2) is 0 Å². The molecule has 3 rings (SSSR count). The predicted octanol–water partition coefficient (Wildman–Crippen LogP) is 3.22. The van der Waals surface area contributed by atoms with E-state index < -0.39 is 0 Å². The van der Waals surface area contributed by atoms with Gasteiger partial charge in [0.2, 0.25) is 5.91 Å². The van der Waals surface area contributed by atoms with E-state index in [1.54, 1.807) is 0 Å². The lowest BCUT2D eigenvalue weighted by atomic mass is 9.84. The standard InChI is InChI=1S/C19H28N2O/c1-15-6-3-7-16(12-15)13-21-11-5-10-18(14-21)20(2)19(22)17-8-4-9-17/h3,6-7,12,17-18H,4-5,8-11,13-14H2,1-2H3. The Bertz CT molecular complexity index is 524. The maximum Gasteiger partial charge on any atom is 0.225 e. The van der Waals surface area contributed by atoms with E-state index in [9.17, 15) is 4.79 Å². The van der Waals surface area contributed by atoms with E-state index in [1.165, 1.54) is 24.0 Å². The Kier molecular flexibility index (Phi) is 4.82. The highest BCUT2D eigenvalue weighted by Gasteiger charge is 2.32. The number of hydrogen-bond donors (Lipinski definition) is 0. The lowest BCUT2D eigenvalue weighted by Crippen LogP contribution is -2.50. The van der Waals surface area contributed by atoms with Crippen LogP contribution in [0.4, 0.5) is 0 Å². The Hall–Kier alpha value is -1.35. The van der Waals surface area contributed by atoms with Crippen molar-refractivity contribution in [2.75, 3.05) is 20.1 Å². The number of nitrogens with zero attached hydrogens (tertiary/aromatic N) is 2. The quantitative estimate of drug-likeness (QED) is 0.852. The molecule has 2 aliphatic rings. The number of likely N-dealkylation sites (tertiary alicyclic amines) is 1. The first kappa shape index (κ1) is 15.5. The van der Waals surface area contributed by atoms with E-state index in [0.29, 0.717) is 17.9 Å². The Morgan fingerprint density at radius 1 is 1.27 bits per heavy atom. The summed E-state index contributed by atoms with van der Waals surface area (Å²) in [5.41, 5.74) is 2.71. The average molecular weight is 300 g/mol. The largest absolute Gasteiger partial charge is 0.341 e. The molecule has 1 aliphatic heterocycles. The fourth-order valence-electron chi connectivity index (χ4n) is 3.68. The van der Waals surface area contributed by atoms with Gasteiger partial charge in [-0.1, -0.05) is 36.2 Å². The number of likely N-dealkylation sites (N-methyl/N-ethyl adjacent to an activating group) is 1. The van der Waals surface area contributed by atoms with Gasteiger partial charge in [0.25, 0.3) is 0 Å². The second-order valence-corrected chi connectivity index (χ2v) is 7.10. The van der Waals surface area contributed by atoms with Crippen LogP contribution in [0.5, 0.6) is 0 Å². The van der Waals surface area contributed by atoms with E-state index in [0.717, 1.165) is 38.9 Å². The monoisotopic (exact) mass is 300 g/mol. The van der Waals surface area contributed by atoms with Gasteiger partial charge in [-0.3, -0.25) is 9.69 Å². The highest BCUT2D eigenvalue weighted by Crippen LogP contribution is 2.29. The van der Waals surface area contributed by atoms with Crippen molar-refractivity contribution in [3.05, 3.63) is 35.4 Å². The zero-order valence-corrected chi connectivity index (χ0v) is 13.9. The number of carbonyl (C=O) groups is 1. The van der Waals surface area contributed by atoms with Gasteiger partial charge in [0.15, 0.2) is 0 Å². The van der Waals surface area contributed by atoms with Crippen LogP contribution >= 0.6 is 0 Å². The number of piperidine rings is 1. The van der Waals surface area contributed by atoms with Gasteiger partial charge in [-0.05, 0) is 44.7 Å². The van der Waals surface area contributed by atoms with Crippen LogP contribution in [-0.2, 0) is 11.3 Å². The molecule has 2 fully saturated rings. The van der Waals surface area contributed by atoms with Crippen molar-refractivity contribution >= 4 is 5.91 Å². The molecular weight excluding hydrogens is 272 g/mol. The minimum Gasteiger partial charge on any atom is -0.341 e. The Morgan fingerprint density at radius 2 is 2.09 bits per heavy atom. The number of rotatable bonds is 4. The van der Waals surface area contributed by atoms with Crippen LogP contribution < -0.4 is 0 Å². The first-order valence-corrected chi connectivity index (χ1v) is 8.68. The minimum atomic E-state index is 0.317. The van der Waals surface area contributed by atoms with Crippen molar-refractivity contribution in [1.82, 2.24) is 9.80 Å². The van der Waals surface area contributed by atoms with Crippen molar-refractivity contribution in [3.63, 3.8) is 0 Å². The molecular formula is C19H28N2O. The molecule has 0 spiro atoms. The van der Waals surface area contributed by atoms with E-state index in [-0.39, 0.29) is 0 Å². The van der Waals surface area contributed by atoms with E-state index in [4.69, 9.17) is 0 Å². The number of benzene rings is 1. The summed E-state index contributed by atoms with van der Waals surface area (Å²) in [7, 11) is 2.02. The molecule has 1 unspecified atom stereocenters. The molecule has 3 heteroatoms. The topological polar surface area (TPSA) is 23.6 Å². The Balaban J connectivity index is 1.57. The second-order valence-electron chi connectivity index (χ2n) is 7.10. The van der Waals surface area contributed by atoms with Crippen LogP contribution in [0.15, 0.2) is 24.3 Å². The fourth-order valence-corrected chi connectivity index (χ4v) is 3.68. The average Bonchev–Trinajstić information content (AvgIpc) is 2.45. The zero-order chi connectivity index (χ0) is 15.5. The van der Waals surface area contributed by atoms with Gasteiger partial charge in [-0.15, -0.1) is 0 Å². The van der Waals surface area contributed by atoms with Crippen molar-refractivity contribution < 1.29 is 4.79 Å². The third-order valence-corrected chi connectivity index (χ3v) is 5.32. The van der Waals surface area contributed by atoms with Gasteiger partial charge >= 0.3 is 0 Å². The van der Waals surface area contributed by atoms with Crippen molar-refractivity contribution in [2.24, 2.45) is 5.92 Å². The molecule has 0 radical (unpaired) electrons. The van der Waals surface area contributed by atoms with Crippen LogP contribution in [0.25, 0.3) is 0 Å². The summed E-state index contributed by atoms with van der Waals surface area (Å²) in [4.78, 5) is 17.0. The van der Waals surface area contributed by atoms with Gasteiger partial charge < -0.3 is 4.90 Å². The summed E-state index contributed by atoms with van der Waals surface area (Å²) in [6.07, 6.45) is 5.78. The maximum atomic E-state index is 12.4. The lowest BCUT2D eigenvalue weighted by Gasteiger charge is -2.40. The number of aryl methyl sites for hydroxylation is 1. The second kappa shape index (κ2) is 6.82. The van der Waals surface area contributed by atoms with Gasteiger partial charge in [0.05, 0.1) is 0 Å². The summed E-state index contributed by atoms with van der Waals surface area (Å²) in [5, 5.41) is 0. The summed E-state index contributed by atoms with van der Waals surface area (Å²) in [5.74, 6) is 0.700. The van der Waals surface area contributed by atoms with Gasteiger partial charge in [0.1, 0.15) is 0 Å². The molecule has 1 aliphatic carbocycles. The van der Waals surface area contributed by atoms with Crippen molar-refractivity contribution in [1.29, 1.82) is 0 Å². The summed E-state index contributed by atoms with van der Waals surface area (Å²) < 4.78 is 0. The zero-order valence-electron chi connectivity index (χ0n) is 13.9. The normalized spacial score (nSPS) is 23.1. The number of carbonyl (C=O) groups excluding carboxylic acids is 1. The predicted molar refractivity (Wildman–Crippen MR) is 89.6 cm³/mol. The Labute approximate surface area is 134 Å². The SMILES string of the molecule is Cc1cccc(CN2CCCC(N(C)C(=O)C3CCC3)C2)c1. The summed E-state index contributed by atoms with van der Waals surface area (Å²) in [6, 6.07) is 9.16. The molecule has 120 valence electrons. The van der Waals surface area contributed by atoms with Crippen molar-refractivity contribution in [3.8, 4) is 0 Å². The fraction of sp³-hybridized carbons (Fsp3) is 0.632. The molecule has 3 nitrogen and oxygen atoms in total. The molecule has 1 amide bonds. The van der Waals surface area contributed by atoms with Crippen LogP contribution in [0, 0.1) is 12.8 Å². The van der Waals surface area contributed by atoms with Gasteiger partial charge in [-0.2, -0.15) is 0 Å². The highest BCUT2D eigenvalue weighted by molar-refractivity contribution is 5.79. The van der Waals surface area contributed by atoms with Crippen LogP contribution in [0.1, 0.15) is 43.2 Å². The third-order valence-electron chi connectivity index (χ3n) is 5.32. The summed E-state index contributed by atoms with van der Waals surface area (Å²) in [6.45, 7) is 5.32. The van der Waals surface area contributed by atoms with Crippen LogP contribution in [0.3, 0.4) is 0 Å². The summed E-state index contributed by atoms with van der Waals surface area (Å²) >= 11 is 0. The lowest BCUT2D eigenvalue weighted by molar-refractivity contribution is -0.140. The molecule has 1 saturated carbocycles. The molecule has 1 saturated heterocycles. The highest BCUT2D eigenvalue weighted by atomic mass is 16.2. The number of hydrogen-bond acceptors (Lipinski definition) is 2. The van der Waals surface area contributed by atoms with Gasteiger partial charge in [0, 0.05) is 32.1 Å². The molecule has 0 aromatic heterocycles. The number of amides is 1. The molecule has 1 heterocycles. The van der Waals surface area contributed by atoms with Crippen LogP contribution in [-0.4, -0.2) is 41.9 Å². The Morgan fingerprint density at radius 3 is 2.77 bits per heavy atom. The smallest absolute Gasteiger partial charge is 0.225 e.